The van der Waals surface area contributed by atoms with Crippen molar-refractivity contribution in [2.75, 3.05) is 19.0 Å². The Morgan fingerprint density at radius 3 is 2.70 bits per heavy atom. The normalized spacial score (nSPS) is 11.6. The maximum Gasteiger partial charge on any atom is 0.282 e. The Bertz CT molecular complexity index is 1600. The van der Waals surface area contributed by atoms with Gasteiger partial charge in [-0.05, 0) is 48.5 Å². The minimum atomic E-state index is -0.335. The second-order valence-corrected chi connectivity index (χ2v) is 8.66. The third kappa shape index (κ3) is 3.89. The van der Waals surface area contributed by atoms with Gasteiger partial charge in [-0.2, -0.15) is 9.78 Å². The molecule has 2 heterocycles. The van der Waals surface area contributed by atoms with E-state index < -0.39 is 0 Å². The van der Waals surface area contributed by atoms with Crippen LogP contribution in [0.2, 0.25) is 0 Å². The van der Waals surface area contributed by atoms with Crippen LogP contribution in [0.1, 0.15) is 5.56 Å². The summed E-state index contributed by atoms with van der Waals surface area (Å²) in [6, 6.07) is 19.8. The first kappa shape index (κ1) is 21.0. The summed E-state index contributed by atoms with van der Waals surface area (Å²) in [6.07, 6.45) is 1.44. The van der Waals surface area contributed by atoms with Gasteiger partial charge >= 0.3 is 0 Å². The van der Waals surface area contributed by atoms with E-state index in [0.717, 1.165) is 15.5 Å². The zero-order valence-corrected chi connectivity index (χ0v) is 19.4. The Morgan fingerprint density at radius 1 is 1.09 bits per heavy atom. The highest BCUT2D eigenvalue weighted by Crippen LogP contribution is 2.29. The molecule has 33 heavy (non-hydrogen) atoms. The van der Waals surface area contributed by atoms with Gasteiger partial charge < -0.3 is 14.4 Å². The Hall–Kier alpha value is -3.91. The molecule has 0 aliphatic rings. The minimum absolute atomic E-state index is 0.0573. The minimum Gasteiger partial charge on any atom is -0.507 e. The van der Waals surface area contributed by atoms with Gasteiger partial charge in [0.15, 0.2) is 5.76 Å². The van der Waals surface area contributed by atoms with E-state index in [1.165, 1.54) is 10.9 Å². The predicted octanol–water partition coefficient (Wildman–Crippen LogP) is 5.23. The summed E-state index contributed by atoms with van der Waals surface area (Å²) in [4.78, 5) is 19.9. The first-order valence-electron chi connectivity index (χ1n) is 10.2. The smallest absolute Gasteiger partial charge is 0.282 e. The number of anilines is 1. The van der Waals surface area contributed by atoms with Gasteiger partial charge in [-0.25, -0.2) is 4.98 Å². The van der Waals surface area contributed by atoms with Crippen LogP contribution in [0.5, 0.6) is 5.75 Å². The average molecular weight is 503 g/mol. The van der Waals surface area contributed by atoms with Gasteiger partial charge in [0.05, 0.1) is 17.1 Å². The summed E-state index contributed by atoms with van der Waals surface area (Å²) in [6.45, 7) is 0. The molecular formula is C25H19BrN4O3. The summed E-state index contributed by atoms with van der Waals surface area (Å²) in [7, 11) is 3.78. The van der Waals surface area contributed by atoms with Crippen molar-refractivity contribution in [3.05, 3.63) is 87.1 Å². The Labute approximate surface area is 197 Å². The van der Waals surface area contributed by atoms with E-state index in [2.05, 4.69) is 26.0 Å². The van der Waals surface area contributed by atoms with Gasteiger partial charge in [0, 0.05) is 41.3 Å². The molecule has 7 nitrogen and oxygen atoms in total. The van der Waals surface area contributed by atoms with E-state index in [9.17, 15) is 9.90 Å². The van der Waals surface area contributed by atoms with E-state index in [4.69, 9.17) is 4.42 Å². The monoisotopic (exact) mass is 502 g/mol. The summed E-state index contributed by atoms with van der Waals surface area (Å²) in [5, 5.41) is 16.1. The standard InChI is InChI=1S/C25H19BrN4O3/c1-29(2)18-9-7-15(21(31)13-18)14-27-30-24(28-20-6-4-3-5-19(20)25(30)32)23-12-16-11-17(26)8-10-22(16)33-23/h3-14,31H,1-2H3. The largest absolute Gasteiger partial charge is 0.507 e. The maximum absolute atomic E-state index is 13.3. The molecule has 0 fully saturated rings. The number of nitrogens with zero attached hydrogens (tertiary/aromatic N) is 4. The van der Waals surface area contributed by atoms with Gasteiger partial charge in [-0.15, -0.1) is 0 Å². The average Bonchev–Trinajstić information content (AvgIpc) is 3.22. The fraction of sp³-hybridized carbons (Fsp3) is 0.0800. The molecule has 1 N–H and O–H groups in total. The van der Waals surface area contributed by atoms with Crippen molar-refractivity contribution in [2.45, 2.75) is 0 Å². The SMILES string of the molecule is CN(C)c1ccc(C=Nn2c(-c3cc4cc(Br)ccc4o3)nc3ccccc3c2=O)c(O)c1. The number of rotatable bonds is 4. The van der Waals surface area contributed by atoms with Crippen LogP contribution in [0, 0.1) is 0 Å². The van der Waals surface area contributed by atoms with Crippen molar-refractivity contribution in [3.8, 4) is 17.3 Å². The van der Waals surface area contributed by atoms with Crippen LogP contribution in [-0.2, 0) is 0 Å². The third-order valence-corrected chi connectivity index (χ3v) is 5.79. The van der Waals surface area contributed by atoms with Crippen molar-refractivity contribution in [1.29, 1.82) is 0 Å². The summed E-state index contributed by atoms with van der Waals surface area (Å²) >= 11 is 3.47. The molecule has 5 aromatic rings. The van der Waals surface area contributed by atoms with E-state index in [-0.39, 0.29) is 17.1 Å². The van der Waals surface area contributed by atoms with Crippen molar-refractivity contribution in [2.24, 2.45) is 5.10 Å². The van der Waals surface area contributed by atoms with E-state index in [1.54, 1.807) is 30.3 Å². The quantitative estimate of drug-likeness (QED) is 0.340. The lowest BCUT2D eigenvalue weighted by molar-refractivity contribution is 0.474. The number of hydrogen-bond donors (Lipinski definition) is 1. The molecule has 0 unspecified atom stereocenters. The molecule has 2 aromatic heterocycles. The van der Waals surface area contributed by atoms with Gasteiger partial charge in [0.1, 0.15) is 11.3 Å². The lowest BCUT2D eigenvalue weighted by Gasteiger charge is -2.13. The topological polar surface area (TPSA) is 83.9 Å². The molecule has 8 heteroatoms. The molecule has 0 saturated carbocycles. The first-order valence-corrected chi connectivity index (χ1v) is 11.0. The molecule has 0 aliphatic heterocycles. The number of hydrogen-bond acceptors (Lipinski definition) is 6. The van der Waals surface area contributed by atoms with Crippen LogP contribution in [0.15, 0.2) is 85.5 Å². The third-order valence-electron chi connectivity index (χ3n) is 5.30. The Morgan fingerprint density at radius 2 is 1.91 bits per heavy atom. The molecule has 0 radical (unpaired) electrons. The summed E-state index contributed by atoms with van der Waals surface area (Å²) in [5.74, 6) is 0.740. The van der Waals surface area contributed by atoms with Crippen molar-refractivity contribution in [1.82, 2.24) is 9.66 Å². The number of fused-ring (bicyclic) bond motifs is 2. The molecule has 0 aliphatic carbocycles. The highest BCUT2D eigenvalue weighted by atomic mass is 79.9. The molecule has 0 atom stereocenters. The molecule has 0 saturated heterocycles. The number of phenols is 1. The number of aromatic hydroxyl groups is 1. The Kier molecular flexibility index (Phi) is 5.22. The van der Waals surface area contributed by atoms with Gasteiger partial charge in [0.25, 0.3) is 5.56 Å². The summed E-state index contributed by atoms with van der Waals surface area (Å²) in [5.41, 5.74) is 2.20. The number of furan rings is 1. The first-order chi connectivity index (χ1) is 15.9. The highest BCUT2D eigenvalue weighted by Gasteiger charge is 2.16. The van der Waals surface area contributed by atoms with E-state index >= 15 is 0 Å². The van der Waals surface area contributed by atoms with Crippen molar-refractivity contribution < 1.29 is 9.52 Å². The van der Waals surface area contributed by atoms with Crippen LogP contribution in [0.4, 0.5) is 5.69 Å². The van der Waals surface area contributed by atoms with Gasteiger partial charge in [-0.3, -0.25) is 4.79 Å². The lowest BCUT2D eigenvalue weighted by atomic mass is 10.2. The maximum atomic E-state index is 13.3. The molecule has 3 aromatic carbocycles. The molecule has 0 spiro atoms. The fourth-order valence-electron chi connectivity index (χ4n) is 3.55. The van der Waals surface area contributed by atoms with Crippen LogP contribution < -0.4 is 10.5 Å². The van der Waals surface area contributed by atoms with Crippen LogP contribution in [0.25, 0.3) is 33.5 Å². The van der Waals surface area contributed by atoms with Crippen LogP contribution in [0.3, 0.4) is 0 Å². The second-order valence-electron chi connectivity index (χ2n) is 7.74. The number of para-hydroxylation sites is 1. The zero-order chi connectivity index (χ0) is 23.1. The molecule has 164 valence electrons. The Balaban J connectivity index is 1.69. The second kappa shape index (κ2) is 8.22. The van der Waals surface area contributed by atoms with Crippen LogP contribution >= 0.6 is 15.9 Å². The van der Waals surface area contributed by atoms with Crippen molar-refractivity contribution >= 4 is 49.7 Å². The van der Waals surface area contributed by atoms with Crippen LogP contribution in [-0.4, -0.2) is 35.1 Å². The zero-order valence-electron chi connectivity index (χ0n) is 17.9. The molecule has 0 amide bonds. The molecule has 0 bridgehead atoms. The number of benzene rings is 3. The van der Waals surface area contributed by atoms with Crippen molar-refractivity contribution in [3.63, 3.8) is 0 Å². The number of aromatic nitrogens is 2. The van der Waals surface area contributed by atoms with E-state index in [1.807, 2.05) is 55.4 Å². The number of halogens is 1. The predicted molar refractivity (Wildman–Crippen MR) is 134 cm³/mol. The fourth-order valence-corrected chi connectivity index (χ4v) is 3.93. The van der Waals surface area contributed by atoms with Gasteiger partial charge in [0.2, 0.25) is 5.82 Å². The van der Waals surface area contributed by atoms with E-state index in [0.29, 0.717) is 27.8 Å². The highest BCUT2D eigenvalue weighted by molar-refractivity contribution is 9.10. The lowest BCUT2D eigenvalue weighted by Crippen LogP contribution is -2.20. The molecule has 5 rings (SSSR count). The van der Waals surface area contributed by atoms with Gasteiger partial charge in [-0.1, -0.05) is 28.1 Å². The summed E-state index contributed by atoms with van der Waals surface area (Å²) < 4.78 is 8.12. The molecular weight excluding hydrogens is 484 g/mol. The number of phenolic OH excluding ortho intramolecular Hbond substituents is 1.